The van der Waals surface area contributed by atoms with Crippen molar-refractivity contribution in [2.45, 2.75) is 46.6 Å². The molecule has 0 amide bonds. The van der Waals surface area contributed by atoms with Crippen molar-refractivity contribution in [3.63, 3.8) is 0 Å². The lowest BCUT2D eigenvalue weighted by molar-refractivity contribution is 0.286. The van der Waals surface area contributed by atoms with Crippen LogP contribution < -0.4 is 10.5 Å². The molecular formula is C16H27NO. The van der Waals surface area contributed by atoms with Crippen LogP contribution >= 0.6 is 0 Å². The summed E-state index contributed by atoms with van der Waals surface area (Å²) in [7, 11) is 1.69. The highest BCUT2D eigenvalue weighted by Crippen LogP contribution is 2.30. The third kappa shape index (κ3) is 5.09. The van der Waals surface area contributed by atoms with Gasteiger partial charge in [0.05, 0.1) is 7.11 Å². The van der Waals surface area contributed by atoms with E-state index in [9.17, 15) is 0 Å². The van der Waals surface area contributed by atoms with Gasteiger partial charge in [0.1, 0.15) is 5.75 Å². The van der Waals surface area contributed by atoms with Crippen LogP contribution in [0.4, 0.5) is 0 Å². The van der Waals surface area contributed by atoms with Crippen molar-refractivity contribution in [3.05, 3.63) is 29.8 Å². The maximum absolute atomic E-state index is 6.28. The van der Waals surface area contributed by atoms with Gasteiger partial charge < -0.3 is 10.5 Å². The molecule has 0 radical (unpaired) electrons. The van der Waals surface area contributed by atoms with Crippen LogP contribution in [0.1, 0.15) is 52.1 Å². The molecule has 0 aliphatic heterocycles. The van der Waals surface area contributed by atoms with Gasteiger partial charge in [-0.15, -0.1) is 0 Å². The number of benzene rings is 1. The van der Waals surface area contributed by atoms with E-state index in [0.29, 0.717) is 11.3 Å². The summed E-state index contributed by atoms with van der Waals surface area (Å²) in [5.74, 6) is 1.51. The van der Waals surface area contributed by atoms with Gasteiger partial charge in [-0.3, -0.25) is 0 Å². The topological polar surface area (TPSA) is 35.2 Å². The van der Waals surface area contributed by atoms with Crippen LogP contribution in [0.5, 0.6) is 5.75 Å². The van der Waals surface area contributed by atoms with E-state index in [2.05, 4.69) is 33.8 Å². The first-order valence-corrected chi connectivity index (χ1v) is 6.71. The number of hydrogen-bond acceptors (Lipinski definition) is 2. The van der Waals surface area contributed by atoms with Gasteiger partial charge in [0, 0.05) is 6.04 Å². The summed E-state index contributed by atoms with van der Waals surface area (Å²) in [6.45, 7) is 9.12. The lowest BCUT2D eigenvalue weighted by atomic mass is 9.82. The molecule has 2 unspecified atom stereocenters. The van der Waals surface area contributed by atoms with E-state index in [1.165, 1.54) is 6.42 Å². The minimum Gasteiger partial charge on any atom is -0.497 e. The molecule has 0 fully saturated rings. The molecule has 0 saturated carbocycles. The van der Waals surface area contributed by atoms with Crippen LogP contribution in [0, 0.1) is 11.3 Å². The Labute approximate surface area is 112 Å². The average Bonchev–Trinajstić information content (AvgIpc) is 2.26. The van der Waals surface area contributed by atoms with Crippen LogP contribution in [0.25, 0.3) is 0 Å². The molecule has 2 N–H and O–H groups in total. The first-order chi connectivity index (χ1) is 8.31. The number of methoxy groups -OCH3 is 1. The summed E-state index contributed by atoms with van der Waals surface area (Å²) in [6.07, 6.45) is 2.22. The van der Waals surface area contributed by atoms with E-state index < -0.39 is 0 Å². The Morgan fingerprint density at radius 2 is 1.94 bits per heavy atom. The summed E-state index contributed by atoms with van der Waals surface area (Å²) < 4.78 is 5.24. The predicted molar refractivity (Wildman–Crippen MR) is 77.8 cm³/mol. The maximum atomic E-state index is 6.28. The Morgan fingerprint density at radius 1 is 1.28 bits per heavy atom. The molecule has 0 aliphatic carbocycles. The summed E-state index contributed by atoms with van der Waals surface area (Å²) in [4.78, 5) is 0. The minimum atomic E-state index is 0.0949. The molecule has 1 rings (SSSR count). The molecule has 102 valence electrons. The molecule has 0 bridgehead atoms. The highest BCUT2D eigenvalue weighted by molar-refractivity contribution is 5.30. The third-order valence-corrected chi connectivity index (χ3v) is 3.14. The van der Waals surface area contributed by atoms with E-state index in [0.717, 1.165) is 17.7 Å². The summed E-state index contributed by atoms with van der Waals surface area (Å²) in [5, 5.41) is 0. The summed E-state index contributed by atoms with van der Waals surface area (Å²) >= 11 is 0. The van der Waals surface area contributed by atoms with Crippen LogP contribution in [0.15, 0.2) is 24.3 Å². The van der Waals surface area contributed by atoms with Crippen molar-refractivity contribution in [2.24, 2.45) is 17.1 Å². The number of nitrogens with two attached hydrogens (primary N) is 1. The van der Waals surface area contributed by atoms with Crippen LogP contribution in [-0.4, -0.2) is 7.11 Å². The van der Waals surface area contributed by atoms with Crippen molar-refractivity contribution in [1.29, 1.82) is 0 Å². The van der Waals surface area contributed by atoms with Gasteiger partial charge in [0.2, 0.25) is 0 Å². The Balaban J connectivity index is 2.61. The number of hydrogen-bond donors (Lipinski definition) is 1. The smallest absolute Gasteiger partial charge is 0.119 e. The van der Waals surface area contributed by atoms with Gasteiger partial charge in [-0.1, -0.05) is 39.8 Å². The zero-order valence-corrected chi connectivity index (χ0v) is 12.4. The highest BCUT2D eigenvalue weighted by Gasteiger charge is 2.18. The Bertz CT molecular complexity index is 368. The van der Waals surface area contributed by atoms with Crippen LogP contribution in [-0.2, 0) is 0 Å². The summed E-state index contributed by atoms with van der Waals surface area (Å²) in [5.41, 5.74) is 7.81. The van der Waals surface area contributed by atoms with Crippen molar-refractivity contribution in [2.75, 3.05) is 7.11 Å². The molecule has 0 heterocycles. The molecule has 18 heavy (non-hydrogen) atoms. The molecule has 0 spiro atoms. The first-order valence-electron chi connectivity index (χ1n) is 6.71. The zero-order chi connectivity index (χ0) is 13.8. The van der Waals surface area contributed by atoms with Crippen LogP contribution in [0.2, 0.25) is 0 Å². The fourth-order valence-electron chi connectivity index (χ4n) is 2.57. The lowest BCUT2D eigenvalue weighted by Crippen LogP contribution is -2.18. The second kappa shape index (κ2) is 6.24. The van der Waals surface area contributed by atoms with E-state index in [4.69, 9.17) is 10.5 Å². The van der Waals surface area contributed by atoms with Crippen LogP contribution in [0.3, 0.4) is 0 Å². The Hall–Kier alpha value is -1.02. The van der Waals surface area contributed by atoms with E-state index in [1.54, 1.807) is 7.11 Å². The molecule has 0 aliphatic rings. The SMILES string of the molecule is COc1cccc(C(N)CC(C)CC(C)(C)C)c1. The van der Waals surface area contributed by atoms with Gasteiger partial charge in [0.25, 0.3) is 0 Å². The fraction of sp³-hybridized carbons (Fsp3) is 0.625. The molecule has 1 aromatic rings. The number of ether oxygens (including phenoxy) is 1. The quantitative estimate of drug-likeness (QED) is 0.850. The first kappa shape index (κ1) is 15.0. The van der Waals surface area contributed by atoms with Crippen molar-refractivity contribution in [3.8, 4) is 5.75 Å². The number of rotatable bonds is 5. The molecular weight excluding hydrogens is 222 g/mol. The van der Waals surface area contributed by atoms with E-state index in [1.807, 2.05) is 18.2 Å². The second-order valence-corrected chi connectivity index (χ2v) is 6.49. The molecule has 2 heteroatoms. The van der Waals surface area contributed by atoms with E-state index in [-0.39, 0.29) is 6.04 Å². The van der Waals surface area contributed by atoms with Crippen molar-refractivity contribution in [1.82, 2.24) is 0 Å². The molecule has 2 atom stereocenters. The Morgan fingerprint density at radius 3 is 2.50 bits per heavy atom. The third-order valence-electron chi connectivity index (χ3n) is 3.14. The second-order valence-electron chi connectivity index (χ2n) is 6.49. The van der Waals surface area contributed by atoms with Gasteiger partial charge in [-0.25, -0.2) is 0 Å². The predicted octanol–water partition coefficient (Wildman–Crippen LogP) is 4.16. The van der Waals surface area contributed by atoms with Gasteiger partial charge in [0.15, 0.2) is 0 Å². The van der Waals surface area contributed by atoms with Gasteiger partial charge in [-0.05, 0) is 41.9 Å². The van der Waals surface area contributed by atoms with Gasteiger partial charge in [-0.2, -0.15) is 0 Å². The normalized spacial score (nSPS) is 15.2. The molecule has 0 saturated heterocycles. The summed E-state index contributed by atoms with van der Waals surface area (Å²) in [6, 6.07) is 8.17. The lowest BCUT2D eigenvalue weighted by Gasteiger charge is -2.25. The molecule has 1 aromatic carbocycles. The fourth-order valence-corrected chi connectivity index (χ4v) is 2.57. The monoisotopic (exact) mass is 249 g/mol. The van der Waals surface area contributed by atoms with Gasteiger partial charge >= 0.3 is 0 Å². The van der Waals surface area contributed by atoms with E-state index >= 15 is 0 Å². The van der Waals surface area contributed by atoms with Crippen molar-refractivity contribution >= 4 is 0 Å². The maximum Gasteiger partial charge on any atom is 0.119 e. The largest absolute Gasteiger partial charge is 0.497 e. The molecule has 2 nitrogen and oxygen atoms in total. The zero-order valence-electron chi connectivity index (χ0n) is 12.4. The standard InChI is InChI=1S/C16H27NO/c1-12(11-16(2,3)4)9-15(17)13-7-6-8-14(10-13)18-5/h6-8,10,12,15H,9,11,17H2,1-5H3. The van der Waals surface area contributed by atoms with Crippen molar-refractivity contribution < 1.29 is 4.74 Å². The molecule has 0 aromatic heterocycles. The highest BCUT2D eigenvalue weighted by atomic mass is 16.5. The Kier molecular flexibility index (Phi) is 5.21. The average molecular weight is 249 g/mol. The minimum absolute atomic E-state index is 0.0949.